The van der Waals surface area contributed by atoms with Crippen LogP contribution in [0.2, 0.25) is 0 Å². The summed E-state index contributed by atoms with van der Waals surface area (Å²) in [6.45, 7) is 3.05. The number of furan rings is 1. The molecule has 0 spiro atoms. The standard InChI is InChI=1S/C15H14O4/c1-10-3-5-13(19-10)15(16)11-4-6-12-14(9-11)18-8-2-7-17-12/h3-6,9H,2,7-8H2,1H3. The molecule has 0 saturated heterocycles. The van der Waals surface area contributed by atoms with E-state index in [0.717, 1.165) is 12.2 Å². The molecule has 1 aromatic carbocycles. The summed E-state index contributed by atoms with van der Waals surface area (Å²) in [5.74, 6) is 2.21. The van der Waals surface area contributed by atoms with Gasteiger partial charge >= 0.3 is 0 Å². The lowest BCUT2D eigenvalue weighted by Crippen LogP contribution is -2.01. The Morgan fingerprint density at radius 2 is 1.84 bits per heavy atom. The van der Waals surface area contributed by atoms with Crippen LogP contribution in [-0.2, 0) is 0 Å². The second-order valence-electron chi connectivity index (χ2n) is 4.45. The average Bonchev–Trinajstić information content (AvgIpc) is 2.72. The van der Waals surface area contributed by atoms with Crippen LogP contribution in [0.15, 0.2) is 34.7 Å². The van der Waals surface area contributed by atoms with Gasteiger partial charge in [-0.2, -0.15) is 0 Å². The van der Waals surface area contributed by atoms with E-state index >= 15 is 0 Å². The number of hydrogen-bond acceptors (Lipinski definition) is 4. The van der Waals surface area contributed by atoms with E-state index in [-0.39, 0.29) is 5.78 Å². The summed E-state index contributed by atoms with van der Waals surface area (Å²) in [4.78, 5) is 12.2. The van der Waals surface area contributed by atoms with E-state index in [2.05, 4.69) is 0 Å². The summed E-state index contributed by atoms with van der Waals surface area (Å²) in [5.41, 5.74) is 0.540. The van der Waals surface area contributed by atoms with Gasteiger partial charge < -0.3 is 13.9 Å². The summed E-state index contributed by atoms with van der Waals surface area (Å²) in [6.07, 6.45) is 0.843. The number of benzene rings is 1. The van der Waals surface area contributed by atoms with Gasteiger partial charge in [0, 0.05) is 12.0 Å². The predicted molar refractivity (Wildman–Crippen MR) is 68.9 cm³/mol. The Labute approximate surface area is 110 Å². The molecule has 19 heavy (non-hydrogen) atoms. The van der Waals surface area contributed by atoms with Crippen molar-refractivity contribution >= 4 is 5.78 Å². The minimum Gasteiger partial charge on any atom is -0.490 e. The molecule has 4 nitrogen and oxygen atoms in total. The van der Waals surface area contributed by atoms with E-state index in [1.54, 1.807) is 30.3 Å². The lowest BCUT2D eigenvalue weighted by atomic mass is 10.1. The minimum absolute atomic E-state index is 0.149. The van der Waals surface area contributed by atoms with Crippen LogP contribution in [0.5, 0.6) is 11.5 Å². The van der Waals surface area contributed by atoms with Crippen molar-refractivity contribution in [3.8, 4) is 11.5 Å². The van der Waals surface area contributed by atoms with Crippen LogP contribution in [0.4, 0.5) is 0 Å². The number of aryl methyl sites for hydroxylation is 1. The van der Waals surface area contributed by atoms with Gasteiger partial charge in [-0.25, -0.2) is 0 Å². The fourth-order valence-electron chi connectivity index (χ4n) is 2.00. The third-order valence-corrected chi connectivity index (χ3v) is 2.97. The number of carbonyl (C=O) groups is 1. The van der Waals surface area contributed by atoms with Gasteiger partial charge in [0.05, 0.1) is 13.2 Å². The summed E-state index contributed by atoms with van der Waals surface area (Å²) in [6, 6.07) is 8.66. The van der Waals surface area contributed by atoms with Crippen LogP contribution in [0, 0.1) is 6.92 Å². The maximum atomic E-state index is 12.2. The highest BCUT2D eigenvalue weighted by Crippen LogP contribution is 2.31. The Bertz CT molecular complexity index is 612. The van der Waals surface area contributed by atoms with Gasteiger partial charge in [-0.05, 0) is 37.3 Å². The number of ketones is 1. The Kier molecular flexibility index (Phi) is 2.99. The predicted octanol–water partition coefficient (Wildman–Crippen LogP) is 2.98. The molecule has 0 unspecified atom stereocenters. The highest BCUT2D eigenvalue weighted by atomic mass is 16.5. The normalized spacial score (nSPS) is 13.9. The van der Waals surface area contributed by atoms with E-state index < -0.39 is 0 Å². The zero-order valence-electron chi connectivity index (χ0n) is 10.6. The molecule has 1 aliphatic rings. The monoisotopic (exact) mass is 258 g/mol. The third kappa shape index (κ3) is 2.34. The maximum Gasteiger partial charge on any atom is 0.228 e. The van der Waals surface area contributed by atoms with Crippen molar-refractivity contribution in [2.24, 2.45) is 0 Å². The van der Waals surface area contributed by atoms with Crippen molar-refractivity contribution in [2.45, 2.75) is 13.3 Å². The SMILES string of the molecule is Cc1ccc(C(=O)c2ccc3c(c2)OCCCO3)o1. The summed E-state index contributed by atoms with van der Waals surface area (Å²) in [7, 11) is 0. The Morgan fingerprint density at radius 1 is 1.05 bits per heavy atom. The number of carbonyl (C=O) groups excluding carboxylic acids is 1. The molecule has 0 aliphatic carbocycles. The summed E-state index contributed by atoms with van der Waals surface area (Å²) in [5, 5.41) is 0. The molecule has 0 radical (unpaired) electrons. The summed E-state index contributed by atoms with van der Waals surface area (Å²) >= 11 is 0. The van der Waals surface area contributed by atoms with E-state index in [0.29, 0.717) is 36.0 Å². The molecule has 0 atom stereocenters. The van der Waals surface area contributed by atoms with Crippen molar-refractivity contribution in [2.75, 3.05) is 13.2 Å². The van der Waals surface area contributed by atoms with Crippen molar-refractivity contribution in [1.82, 2.24) is 0 Å². The minimum atomic E-state index is -0.149. The maximum absolute atomic E-state index is 12.2. The van der Waals surface area contributed by atoms with Crippen LogP contribution < -0.4 is 9.47 Å². The molecule has 1 aromatic heterocycles. The molecule has 1 aliphatic heterocycles. The lowest BCUT2D eigenvalue weighted by molar-refractivity contribution is 0.101. The third-order valence-electron chi connectivity index (χ3n) is 2.97. The quantitative estimate of drug-likeness (QED) is 0.777. The van der Waals surface area contributed by atoms with E-state index in [1.165, 1.54) is 0 Å². The van der Waals surface area contributed by atoms with Gasteiger partial charge in [-0.3, -0.25) is 4.79 Å². The van der Waals surface area contributed by atoms with Crippen molar-refractivity contribution < 1.29 is 18.7 Å². The molecule has 0 saturated carbocycles. The largest absolute Gasteiger partial charge is 0.490 e. The molecule has 0 N–H and O–H groups in total. The van der Waals surface area contributed by atoms with Crippen LogP contribution in [0.3, 0.4) is 0 Å². The summed E-state index contributed by atoms with van der Waals surface area (Å²) < 4.78 is 16.5. The Hall–Kier alpha value is -2.23. The molecule has 98 valence electrons. The Balaban J connectivity index is 1.93. The van der Waals surface area contributed by atoms with Crippen LogP contribution >= 0.6 is 0 Å². The zero-order valence-corrected chi connectivity index (χ0v) is 10.6. The van der Waals surface area contributed by atoms with Crippen LogP contribution in [0.25, 0.3) is 0 Å². The fourth-order valence-corrected chi connectivity index (χ4v) is 2.00. The van der Waals surface area contributed by atoms with Gasteiger partial charge in [-0.1, -0.05) is 0 Å². The van der Waals surface area contributed by atoms with Crippen molar-refractivity contribution in [3.05, 3.63) is 47.4 Å². The number of ether oxygens (including phenoxy) is 2. The molecule has 0 bridgehead atoms. The van der Waals surface area contributed by atoms with Gasteiger partial charge in [0.1, 0.15) is 5.76 Å². The number of fused-ring (bicyclic) bond motifs is 1. The molecule has 0 amide bonds. The first-order valence-electron chi connectivity index (χ1n) is 6.25. The Morgan fingerprint density at radius 3 is 2.58 bits per heavy atom. The molecular formula is C15H14O4. The average molecular weight is 258 g/mol. The van der Waals surface area contributed by atoms with E-state index in [9.17, 15) is 4.79 Å². The molecular weight excluding hydrogens is 244 g/mol. The van der Waals surface area contributed by atoms with E-state index in [4.69, 9.17) is 13.9 Å². The molecule has 3 rings (SSSR count). The topological polar surface area (TPSA) is 48.7 Å². The first-order chi connectivity index (χ1) is 9.24. The molecule has 2 heterocycles. The highest BCUT2D eigenvalue weighted by molar-refractivity contribution is 6.07. The highest BCUT2D eigenvalue weighted by Gasteiger charge is 2.17. The zero-order chi connectivity index (χ0) is 13.2. The van der Waals surface area contributed by atoms with Crippen molar-refractivity contribution in [1.29, 1.82) is 0 Å². The lowest BCUT2D eigenvalue weighted by Gasteiger charge is -2.08. The second kappa shape index (κ2) is 4.80. The molecule has 0 fully saturated rings. The first-order valence-corrected chi connectivity index (χ1v) is 6.25. The second-order valence-corrected chi connectivity index (χ2v) is 4.45. The molecule has 4 heteroatoms. The van der Waals surface area contributed by atoms with Gasteiger partial charge in [0.15, 0.2) is 17.3 Å². The van der Waals surface area contributed by atoms with Gasteiger partial charge in [0.2, 0.25) is 5.78 Å². The fraction of sp³-hybridized carbons (Fsp3) is 0.267. The van der Waals surface area contributed by atoms with E-state index in [1.807, 2.05) is 6.92 Å². The van der Waals surface area contributed by atoms with Crippen molar-refractivity contribution in [3.63, 3.8) is 0 Å². The number of rotatable bonds is 2. The van der Waals surface area contributed by atoms with Gasteiger partial charge in [-0.15, -0.1) is 0 Å². The first kappa shape index (κ1) is 11.8. The molecule has 2 aromatic rings. The van der Waals surface area contributed by atoms with Crippen LogP contribution in [-0.4, -0.2) is 19.0 Å². The van der Waals surface area contributed by atoms with Gasteiger partial charge in [0.25, 0.3) is 0 Å². The smallest absolute Gasteiger partial charge is 0.228 e. The number of hydrogen-bond donors (Lipinski definition) is 0. The van der Waals surface area contributed by atoms with Crippen LogP contribution in [0.1, 0.15) is 28.3 Å².